The topological polar surface area (TPSA) is 210 Å². The van der Waals surface area contributed by atoms with Crippen molar-refractivity contribution < 1.29 is 63.1 Å². The fraction of sp³-hybridized carbons (Fsp3) is 0.933. The molecule has 13 nitrogen and oxygen atoms in total. The van der Waals surface area contributed by atoms with Crippen molar-refractivity contribution >= 4 is 19.8 Å². The highest BCUT2D eigenvalue weighted by Gasteiger charge is 2.51. The molecule has 6 atom stereocenters. The molecular weight excluding hydrogens is 599 g/mol. The lowest BCUT2D eigenvalue weighted by Crippen LogP contribution is -2.64. The van der Waals surface area contributed by atoms with Crippen LogP contribution >= 0.6 is 7.82 Å². The predicted octanol–water partition coefficient (Wildman–Crippen LogP) is 3.43. The van der Waals surface area contributed by atoms with Crippen molar-refractivity contribution in [2.75, 3.05) is 13.2 Å². The first-order valence-electron chi connectivity index (χ1n) is 16.3. The monoisotopic (exact) mass is 656 g/mol. The smallest absolute Gasteiger partial charge is 0.462 e. The number of rotatable bonds is 25. The van der Waals surface area contributed by atoms with Gasteiger partial charge in [0.05, 0.1) is 6.61 Å². The van der Waals surface area contributed by atoms with Gasteiger partial charge in [0.15, 0.2) is 6.10 Å². The average molecular weight is 657 g/mol. The van der Waals surface area contributed by atoms with Crippen LogP contribution in [-0.2, 0) is 32.7 Å². The van der Waals surface area contributed by atoms with Gasteiger partial charge in [0, 0.05) is 12.8 Å². The zero-order valence-electron chi connectivity index (χ0n) is 26.5. The zero-order valence-corrected chi connectivity index (χ0v) is 27.4. The van der Waals surface area contributed by atoms with Crippen LogP contribution in [-0.4, -0.2) is 98.3 Å². The van der Waals surface area contributed by atoms with Gasteiger partial charge in [-0.2, -0.15) is 0 Å². The fourth-order valence-electron chi connectivity index (χ4n) is 4.93. The van der Waals surface area contributed by atoms with E-state index in [1.807, 2.05) is 6.92 Å². The Balaban J connectivity index is 2.54. The number of phosphoric ester groups is 1. The number of hydrogen-bond acceptors (Lipinski definition) is 12. The number of esters is 2. The highest BCUT2D eigenvalue weighted by atomic mass is 31.2. The van der Waals surface area contributed by atoms with E-state index in [0.717, 1.165) is 38.5 Å². The van der Waals surface area contributed by atoms with Gasteiger partial charge in [-0.3, -0.25) is 18.6 Å². The van der Waals surface area contributed by atoms with Gasteiger partial charge in [-0.1, -0.05) is 97.3 Å². The molecule has 0 saturated heterocycles. The van der Waals surface area contributed by atoms with E-state index in [-0.39, 0.29) is 12.8 Å². The first-order valence-corrected chi connectivity index (χ1v) is 17.8. The van der Waals surface area contributed by atoms with E-state index in [0.29, 0.717) is 12.8 Å². The van der Waals surface area contributed by atoms with E-state index >= 15 is 0 Å². The van der Waals surface area contributed by atoms with E-state index in [9.17, 15) is 44.6 Å². The molecule has 44 heavy (non-hydrogen) atoms. The van der Waals surface area contributed by atoms with E-state index in [1.165, 1.54) is 44.9 Å². The molecule has 14 heteroatoms. The molecule has 1 aliphatic rings. The molecule has 1 aliphatic carbocycles. The number of phosphoric acid groups is 1. The van der Waals surface area contributed by atoms with E-state index in [2.05, 4.69) is 6.92 Å². The van der Waals surface area contributed by atoms with Crippen LogP contribution in [0.2, 0.25) is 0 Å². The van der Waals surface area contributed by atoms with Crippen LogP contribution in [0.5, 0.6) is 0 Å². The van der Waals surface area contributed by atoms with Crippen molar-refractivity contribution in [2.24, 2.45) is 0 Å². The quantitative estimate of drug-likeness (QED) is 0.0473. The van der Waals surface area contributed by atoms with E-state index in [4.69, 9.17) is 18.5 Å². The third-order valence-corrected chi connectivity index (χ3v) is 8.68. The third kappa shape index (κ3) is 17.0. The molecule has 0 amide bonds. The lowest BCUT2D eigenvalue weighted by atomic mass is 9.85. The minimum Gasteiger partial charge on any atom is -0.462 e. The molecule has 0 aromatic heterocycles. The van der Waals surface area contributed by atoms with Gasteiger partial charge in [-0.25, -0.2) is 4.57 Å². The summed E-state index contributed by atoms with van der Waals surface area (Å²) in [6, 6.07) is 0. The Morgan fingerprint density at radius 2 is 1.02 bits per heavy atom. The molecule has 6 unspecified atom stereocenters. The number of unbranched alkanes of at least 4 members (excludes halogenated alkanes) is 13. The van der Waals surface area contributed by atoms with Crippen LogP contribution in [0.1, 0.15) is 123 Å². The number of carbonyl (C=O) groups excluding carboxylic acids is 2. The summed E-state index contributed by atoms with van der Waals surface area (Å²) < 4.78 is 32.8. The Kier molecular flexibility index (Phi) is 21.6. The largest absolute Gasteiger partial charge is 0.472 e. The number of aliphatic hydroxyl groups excluding tert-OH is 5. The molecule has 0 radical (unpaired) electrons. The van der Waals surface area contributed by atoms with Gasteiger partial charge >= 0.3 is 19.8 Å². The Morgan fingerprint density at radius 3 is 1.55 bits per heavy atom. The first-order chi connectivity index (χ1) is 20.9. The van der Waals surface area contributed by atoms with Gasteiger partial charge in [0.1, 0.15) is 43.2 Å². The summed E-state index contributed by atoms with van der Waals surface area (Å²) in [4.78, 5) is 34.8. The van der Waals surface area contributed by atoms with Gasteiger partial charge < -0.3 is 39.9 Å². The van der Waals surface area contributed by atoms with Crippen molar-refractivity contribution in [3.05, 3.63) is 0 Å². The second-order valence-electron chi connectivity index (χ2n) is 11.7. The van der Waals surface area contributed by atoms with Crippen molar-refractivity contribution in [1.29, 1.82) is 0 Å². The standard InChI is InChI=1S/C30H57O13P/c1-3-5-7-8-9-10-11-12-13-14-15-17-19-24(32)42-22(20-40-23(31)18-16-6-4-2)21-41-44(38,39)43-30-28(36)26(34)25(33)27(35)29(30)37/h22,25-30,33-37H,3-21H2,1-2H3,(H,38,39). The van der Waals surface area contributed by atoms with Crippen molar-refractivity contribution in [3.63, 3.8) is 0 Å². The van der Waals surface area contributed by atoms with Gasteiger partial charge in [-0.15, -0.1) is 0 Å². The highest BCUT2D eigenvalue weighted by Crippen LogP contribution is 2.47. The van der Waals surface area contributed by atoms with Crippen LogP contribution in [0.4, 0.5) is 0 Å². The van der Waals surface area contributed by atoms with Crippen molar-refractivity contribution in [3.8, 4) is 0 Å². The molecule has 260 valence electrons. The molecule has 0 aromatic rings. The summed E-state index contributed by atoms with van der Waals surface area (Å²) in [7, 11) is -5.08. The van der Waals surface area contributed by atoms with Gasteiger partial charge in [-0.05, 0) is 12.8 Å². The van der Waals surface area contributed by atoms with Crippen molar-refractivity contribution in [1.82, 2.24) is 0 Å². The minimum absolute atomic E-state index is 0.101. The van der Waals surface area contributed by atoms with Crippen LogP contribution < -0.4 is 0 Å². The molecule has 0 heterocycles. The summed E-state index contributed by atoms with van der Waals surface area (Å²) in [6.07, 6.45) is 3.07. The number of ether oxygens (including phenoxy) is 2. The maximum atomic E-state index is 12.6. The number of aliphatic hydroxyl groups is 5. The molecule has 1 saturated carbocycles. The minimum atomic E-state index is -5.08. The maximum absolute atomic E-state index is 12.6. The zero-order chi connectivity index (χ0) is 33.0. The molecule has 0 aliphatic heterocycles. The van der Waals surface area contributed by atoms with Crippen molar-refractivity contribution in [2.45, 2.75) is 166 Å². The Bertz CT molecular complexity index is 813. The van der Waals surface area contributed by atoms with Crippen LogP contribution in [0.25, 0.3) is 0 Å². The Labute approximate surface area is 261 Å². The number of carbonyl (C=O) groups is 2. The van der Waals surface area contributed by atoms with Crippen LogP contribution in [0.15, 0.2) is 0 Å². The summed E-state index contributed by atoms with van der Waals surface area (Å²) >= 11 is 0. The van der Waals surface area contributed by atoms with Gasteiger partial charge in [0.2, 0.25) is 0 Å². The summed E-state index contributed by atoms with van der Waals surface area (Å²) in [5.41, 5.74) is 0. The van der Waals surface area contributed by atoms with Crippen LogP contribution in [0, 0.1) is 0 Å². The second kappa shape index (κ2) is 23.2. The number of hydrogen-bond donors (Lipinski definition) is 6. The Hall–Kier alpha value is -1.15. The normalized spacial score (nSPS) is 25.7. The van der Waals surface area contributed by atoms with Crippen LogP contribution in [0.3, 0.4) is 0 Å². The molecular formula is C30H57O13P. The molecule has 1 fully saturated rings. The summed E-state index contributed by atoms with van der Waals surface area (Å²) in [5, 5.41) is 49.5. The molecule has 0 aromatic carbocycles. The molecule has 6 N–H and O–H groups in total. The Morgan fingerprint density at radius 1 is 0.614 bits per heavy atom. The second-order valence-corrected chi connectivity index (χ2v) is 13.1. The molecule has 0 bridgehead atoms. The third-order valence-electron chi connectivity index (χ3n) is 7.70. The average Bonchev–Trinajstić information content (AvgIpc) is 2.99. The molecule has 1 rings (SSSR count). The predicted molar refractivity (Wildman–Crippen MR) is 161 cm³/mol. The maximum Gasteiger partial charge on any atom is 0.472 e. The highest BCUT2D eigenvalue weighted by molar-refractivity contribution is 7.47. The molecule has 0 spiro atoms. The SMILES string of the molecule is CCCCCCCCCCCCCCC(=O)OC(COC(=O)CCCCC)COP(=O)(O)OC1C(O)C(O)C(O)C(O)C1O. The lowest BCUT2D eigenvalue weighted by molar-refractivity contribution is -0.220. The first kappa shape index (κ1) is 40.9. The summed E-state index contributed by atoms with van der Waals surface area (Å²) in [6.45, 7) is 3.03. The summed E-state index contributed by atoms with van der Waals surface area (Å²) in [5.74, 6) is -1.13. The van der Waals surface area contributed by atoms with E-state index in [1.54, 1.807) is 0 Å². The lowest BCUT2D eigenvalue weighted by Gasteiger charge is -2.41. The van der Waals surface area contributed by atoms with E-state index < -0.39 is 75.7 Å². The fourth-order valence-corrected chi connectivity index (χ4v) is 5.90. The van der Waals surface area contributed by atoms with Gasteiger partial charge in [0.25, 0.3) is 0 Å².